The van der Waals surface area contributed by atoms with Crippen LogP contribution in [0.2, 0.25) is 0 Å². The van der Waals surface area contributed by atoms with E-state index in [1.165, 1.54) is 55.2 Å². The lowest BCUT2D eigenvalue weighted by molar-refractivity contribution is 1.18. The third-order valence-electron chi connectivity index (χ3n) is 9.61. The van der Waals surface area contributed by atoms with E-state index in [9.17, 15) is 0 Å². The Balaban J connectivity index is 0.00000374. The molecule has 0 aliphatic heterocycles. The van der Waals surface area contributed by atoms with E-state index in [2.05, 4.69) is 216 Å². The minimum absolute atomic E-state index is 0. The van der Waals surface area contributed by atoms with Crippen molar-refractivity contribution in [2.24, 2.45) is 0 Å². The summed E-state index contributed by atoms with van der Waals surface area (Å²) in [5, 5.41) is 2.54. The van der Waals surface area contributed by atoms with Gasteiger partial charge in [-0.1, -0.05) is 153 Å². The fourth-order valence-electron chi connectivity index (χ4n) is 7.14. The molecule has 0 atom stereocenters. The van der Waals surface area contributed by atoms with Gasteiger partial charge in [-0.15, -0.1) is 0 Å². The summed E-state index contributed by atoms with van der Waals surface area (Å²) in [7, 11) is 0. The summed E-state index contributed by atoms with van der Waals surface area (Å²) in [5.74, 6) is 0. The van der Waals surface area contributed by atoms with Crippen LogP contribution in [0, 0.1) is 0 Å². The molecule has 1 heterocycles. The lowest BCUT2D eigenvalue weighted by Crippen LogP contribution is -2.09. The van der Waals surface area contributed by atoms with Crippen LogP contribution in [0.25, 0.3) is 60.9 Å². The van der Waals surface area contributed by atoms with Gasteiger partial charge in [0, 0.05) is 33.5 Å². The van der Waals surface area contributed by atoms with Gasteiger partial charge in [-0.3, -0.25) is 0 Å². The molecule has 1 aromatic heterocycles. The molecule has 8 aromatic carbocycles. The summed E-state index contributed by atoms with van der Waals surface area (Å²) in [6, 6.07) is 74.0. The van der Waals surface area contributed by atoms with Gasteiger partial charge in [0.1, 0.15) is 0 Å². The third kappa shape index (κ3) is 5.98. The van der Waals surface area contributed by atoms with Crippen molar-refractivity contribution in [1.29, 1.82) is 0 Å². The van der Waals surface area contributed by atoms with E-state index >= 15 is 0 Å². The fraction of sp³-hybridized carbons (Fsp3) is 0.0204. The van der Waals surface area contributed by atoms with Gasteiger partial charge in [0.15, 0.2) is 0 Å². The van der Waals surface area contributed by atoms with Crippen LogP contribution in [-0.4, -0.2) is 4.57 Å². The maximum absolute atomic E-state index is 2.38. The van der Waals surface area contributed by atoms with Crippen LogP contribution in [0.15, 0.2) is 206 Å². The molecule has 0 spiro atoms. The fourth-order valence-corrected chi connectivity index (χ4v) is 7.14. The van der Waals surface area contributed by atoms with Crippen molar-refractivity contribution < 1.29 is 0 Å². The number of anilines is 3. The van der Waals surface area contributed by atoms with Crippen LogP contribution in [0.4, 0.5) is 17.1 Å². The largest absolute Gasteiger partial charge is 0.311 e. The highest BCUT2D eigenvalue weighted by atomic mass is 15.1. The molecule has 9 rings (SSSR count). The van der Waals surface area contributed by atoms with Crippen LogP contribution in [0.1, 0.15) is 7.43 Å². The molecule has 0 saturated carbocycles. The second kappa shape index (κ2) is 13.7. The van der Waals surface area contributed by atoms with Crippen LogP contribution < -0.4 is 4.90 Å². The molecular formula is C49H38N2. The van der Waals surface area contributed by atoms with Crippen molar-refractivity contribution in [3.05, 3.63) is 206 Å². The Kier molecular flexibility index (Phi) is 8.49. The Morgan fingerprint density at radius 1 is 0.294 bits per heavy atom. The molecule has 0 unspecified atom stereocenters. The van der Waals surface area contributed by atoms with Gasteiger partial charge in [0.25, 0.3) is 0 Å². The predicted octanol–water partition coefficient (Wildman–Crippen LogP) is 13.9. The first kappa shape index (κ1) is 31.6. The Labute approximate surface area is 300 Å². The maximum Gasteiger partial charge on any atom is 0.0541 e. The van der Waals surface area contributed by atoms with E-state index in [0.29, 0.717) is 0 Å². The summed E-state index contributed by atoms with van der Waals surface area (Å²) in [6.07, 6.45) is 0. The molecule has 0 aliphatic carbocycles. The van der Waals surface area contributed by atoms with E-state index in [0.717, 1.165) is 22.7 Å². The summed E-state index contributed by atoms with van der Waals surface area (Å²) >= 11 is 0. The zero-order valence-corrected chi connectivity index (χ0v) is 27.5. The average molecular weight is 655 g/mol. The number of aromatic nitrogens is 1. The lowest BCUT2D eigenvalue weighted by atomic mass is 10.0. The number of benzene rings is 8. The third-order valence-corrected chi connectivity index (χ3v) is 9.61. The summed E-state index contributed by atoms with van der Waals surface area (Å²) in [4.78, 5) is 2.34. The highest BCUT2D eigenvalue weighted by Crippen LogP contribution is 2.38. The molecule has 0 fully saturated rings. The quantitative estimate of drug-likeness (QED) is 0.166. The zero-order chi connectivity index (χ0) is 33.3. The second-order valence-electron chi connectivity index (χ2n) is 12.6. The number of fused-ring (bicyclic) bond motifs is 3. The monoisotopic (exact) mass is 654 g/mol. The normalized spacial score (nSPS) is 11.0. The second-order valence-corrected chi connectivity index (χ2v) is 12.6. The average Bonchev–Trinajstić information content (AvgIpc) is 3.54. The van der Waals surface area contributed by atoms with E-state index in [1.807, 2.05) is 0 Å². The van der Waals surface area contributed by atoms with Crippen molar-refractivity contribution in [3.8, 4) is 39.1 Å². The molecule has 0 bridgehead atoms. The first-order valence-electron chi connectivity index (χ1n) is 17.1. The lowest BCUT2D eigenvalue weighted by Gasteiger charge is -2.26. The molecular weight excluding hydrogens is 617 g/mol. The Morgan fingerprint density at radius 2 is 0.647 bits per heavy atom. The predicted molar refractivity (Wildman–Crippen MR) is 219 cm³/mol. The van der Waals surface area contributed by atoms with E-state index in [4.69, 9.17) is 0 Å². The Morgan fingerprint density at radius 3 is 1.10 bits per heavy atom. The van der Waals surface area contributed by atoms with Crippen molar-refractivity contribution in [2.75, 3.05) is 4.90 Å². The maximum atomic E-state index is 2.38. The van der Waals surface area contributed by atoms with Gasteiger partial charge >= 0.3 is 0 Å². The SMILES string of the molecule is C.c1ccc(-c2ccc(N(c3ccc(-c4ccccc4)cc3)c3ccc(-c4cccc(-n5c6ccccc6c6ccccc65)c4)cc3)cc2)cc1. The van der Waals surface area contributed by atoms with Crippen LogP contribution >= 0.6 is 0 Å². The number of hydrogen-bond donors (Lipinski definition) is 0. The van der Waals surface area contributed by atoms with Crippen LogP contribution in [0.3, 0.4) is 0 Å². The van der Waals surface area contributed by atoms with E-state index in [1.54, 1.807) is 0 Å². The van der Waals surface area contributed by atoms with Gasteiger partial charge in [0.2, 0.25) is 0 Å². The Hall–Kier alpha value is -6.64. The molecule has 2 nitrogen and oxygen atoms in total. The first-order chi connectivity index (χ1) is 24.8. The van der Waals surface area contributed by atoms with Gasteiger partial charge in [-0.2, -0.15) is 0 Å². The minimum Gasteiger partial charge on any atom is -0.311 e. The van der Waals surface area contributed by atoms with Gasteiger partial charge in [0.05, 0.1) is 11.0 Å². The molecule has 0 radical (unpaired) electrons. The van der Waals surface area contributed by atoms with E-state index < -0.39 is 0 Å². The zero-order valence-electron chi connectivity index (χ0n) is 27.5. The molecule has 0 amide bonds. The molecule has 9 aromatic rings. The number of rotatable bonds is 7. The summed E-state index contributed by atoms with van der Waals surface area (Å²) in [5.41, 5.74) is 14.1. The smallest absolute Gasteiger partial charge is 0.0541 e. The Bertz CT molecular complexity index is 2410. The number of hydrogen-bond acceptors (Lipinski definition) is 1. The van der Waals surface area contributed by atoms with Gasteiger partial charge in [-0.05, 0) is 94.0 Å². The first-order valence-corrected chi connectivity index (χ1v) is 17.1. The van der Waals surface area contributed by atoms with Gasteiger partial charge in [-0.25, -0.2) is 0 Å². The van der Waals surface area contributed by atoms with E-state index in [-0.39, 0.29) is 7.43 Å². The molecule has 0 aliphatic rings. The standard InChI is InChI=1S/C48H34N2.CH4/c1-3-12-35(13-4-1)37-22-28-41(29-23-37)49(42-30-24-38(25-31-42)36-14-5-2-6-15-36)43-32-26-39(27-33-43)40-16-11-17-44(34-40)50-47-20-9-7-18-45(47)46-19-8-10-21-48(46)50;/h1-34H;1H4. The molecule has 0 saturated heterocycles. The van der Waals surface area contributed by atoms with Crippen LogP contribution in [-0.2, 0) is 0 Å². The van der Waals surface area contributed by atoms with Crippen molar-refractivity contribution in [2.45, 2.75) is 7.43 Å². The number of nitrogens with zero attached hydrogens (tertiary/aromatic N) is 2. The highest BCUT2D eigenvalue weighted by molar-refractivity contribution is 6.09. The van der Waals surface area contributed by atoms with Crippen molar-refractivity contribution in [1.82, 2.24) is 4.57 Å². The molecule has 0 N–H and O–H groups in total. The molecule has 2 heteroatoms. The molecule has 244 valence electrons. The van der Waals surface area contributed by atoms with Gasteiger partial charge < -0.3 is 9.47 Å². The highest BCUT2D eigenvalue weighted by Gasteiger charge is 2.15. The molecule has 51 heavy (non-hydrogen) atoms. The summed E-state index contributed by atoms with van der Waals surface area (Å²) < 4.78 is 2.38. The van der Waals surface area contributed by atoms with Crippen molar-refractivity contribution >= 4 is 38.9 Å². The summed E-state index contributed by atoms with van der Waals surface area (Å²) in [6.45, 7) is 0. The number of para-hydroxylation sites is 2. The van der Waals surface area contributed by atoms with Crippen LogP contribution in [0.5, 0.6) is 0 Å². The minimum atomic E-state index is 0. The topological polar surface area (TPSA) is 8.17 Å². The van der Waals surface area contributed by atoms with Crippen molar-refractivity contribution in [3.63, 3.8) is 0 Å².